The lowest BCUT2D eigenvalue weighted by atomic mass is 10.2. The summed E-state index contributed by atoms with van der Waals surface area (Å²) in [6, 6.07) is 0.245. The summed E-state index contributed by atoms with van der Waals surface area (Å²) in [5, 5.41) is 0.457. The molecule has 1 aliphatic rings. The van der Waals surface area contributed by atoms with Crippen LogP contribution in [0.2, 0.25) is 5.02 Å². The molecule has 1 saturated heterocycles. The van der Waals surface area contributed by atoms with Gasteiger partial charge in [0.15, 0.2) is 0 Å². The van der Waals surface area contributed by atoms with E-state index in [9.17, 15) is 4.79 Å². The quantitative estimate of drug-likeness (QED) is 0.858. The predicted molar refractivity (Wildman–Crippen MR) is 78.5 cm³/mol. The first-order chi connectivity index (χ1) is 9.85. The van der Waals surface area contributed by atoms with Crippen molar-refractivity contribution in [1.82, 2.24) is 14.9 Å². The summed E-state index contributed by atoms with van der Waals surface area (Å²) in [5.41, 5.74) is -0.496. The van der Waals surface area contributed by atoms with Crippen molar-refractivity contribution in [3.05, 3.63) is 17.4 Å². The van der Waals surface area contributed by atoms with E-state index in [1.807, 2.05) is 20.8 Å². The maximum atomic E-state index is 12.1. The van der Waals surface area contributed by atoms with Crippen LogP contribution in [0.5, 0.6) is 6.01 Å². The molecular weight excluding hydrogens is 294 g/mol. The molecule has 0 aromatic carbocycles. The van der Waals surface area contributed by atoms with Crippen LogP contribution in [0.4, 0.5) is 4.79 Å². The number of carbonyl (C=O) groups excluding carboxylic acids is 1. The fourth-order valence-electron chi connectivity index (χ4n) is 2.12. The van der Waals surface area contributed by atoms with Crippen LogP contribution in [-0.4, -0.2) is 45.8 Å². The summed E-state index contributed by atoms with van der Waals surface area (Å²) in [6.07, 6.45) is 4.47. The summed E-state index contributed by atoms with van der Waals surface area (Å²) < 4.78 is 10.9. The Hall–Kier alpha value is -1.56. The lowest BCUT2D eigenvalue weighted by Crippen LogP contribution is -2.42. The van der Waals surface area contributed by atoms with E-state index in [-0.39, 0.29) is 18.1 Å². The van der Waals surface area contributed by atoms with E-state index in [1.165, 1.54) is 12.4 Å². The Morgan fingerprint density at radius 2 is 2.10 bits per heavy atom. The van der Waals surface area contributed by atoms with Crippen LogP contribution in [0.25, 0.3) is 0 Å². The van der Waals surface area contributed by atoms with Crippen LogP contribution in [0.1, 0.15) is 33.6 Å². The van der Waals surface area contributed by atoms with E-state index in [0.29, 0.717) is 18.2 Å². The van der Waals surface area contributed by atoms with Crippen molar-refractivity contribution in [2.75, 3.05) is 13.2 Å². The fraction of sp³-hybridized carbons (Fsp3) is 0.643. The number of carbonyl (C=O) groups is 1. The van der Waals surface area contributed by atoms with Gasteiger partial charge in [-0.3, -0.25) is 0 Å². The SMILES string of the molecule is CC(C)(C)OC(=O)N1CCC[C@H]1COc1ncc(Cl)cn1. The van der Waals surface area contributed by atoms with Crippen molar-refractivity contribution in [2.24, 2.45) is 0 Å². The van der Waals surface area contributed by atoms with Gasteiger partial charge < -0.3 is 14.4 Å². The number of halogens is 1. The summed E-state index contributed by atoms with van der Waals surface area (Å²) in [7, 11) is 0. The number of amides is 1. The molecule has 1 aliphatic heterocycles. The molecule has 116 valence electrons. The monoisotopic (exact) mass is 313 g/mol. The minimum Gasteiger partial charge on any atom is -0.461 e. The highest BCUT2D eigenvalue weighted by atomic mass is 35.5. The fourth-order valence-corrected chi connectivity index (χ4v) is 2.21. The van der Waals surface area contributed by atoms with Gasteiger partial charge >= 0.3 is 12.1 Å². The number of aromatic nitrogens is 2. The summed E-state index contributed by atoms with van der Waals surface area (Å²) in [6.45, 7) is 6.60. The Labute approximate surface area is 129 Å². The molecule has 0 radical (unpaired) electrons. The average Bonchev–Trinajstić information content (AvgIpc) is 2.84. The Morgan fingerprint density at radius 3 is 2.71 bits per heavy atom. The Kier molecular flexibility index (Phi) is 4.88. The highest BCUT2D eigenvalue weighted by molar-refractivity contribution is 6.30. The summed E-state index contributed by atoms with van der Waals surface area (Å²) >= 11 is 5.72. The van der Waals surface area contributed by atoms with E-state index >= 15 is 0 Å². The molecule has 0 bridgehead atoms. The molecule has 0 aliphatic carbocycles. The third-order valence-electron chi connectivity index (χ3n) is 3.01. The summed E-state index contributed by atoms with van der Waals surface area (Å²) in [4.78, 5) is 21.8. The van der Waals surface area contributed by atoms with Gasteiger partial charge in [0.25, 0.3) is 0 Å². The zero-order valence-corrected chi connectivity index (χ0v) is 13.3. The van der Waals surface area contributed by atoms with Crippen LogP contribution in [0.3, 0.4) is 0 Å². The molecule has 1 atom stereocenters. The van der Waals surface area contributed by atoms with Gasteiger partial charge in [-0.25, -0.2) is 14.8 Å². The molecule has 1 aromatic rings. The first-order valence-corrected chi connectivity index (χ1v) is 7.33. The van der Waals surface area contributed by atoms with Crippen LogP contribution >= 0.6 is 11.6 Å². The second-order valence-electron chi connectivity index (χ2n) is 5.96. The number of rotatable bonds is 3. The van der Waals surface area contributed by atoms with Crippen LogP contribution in [0, 0.1) is 0 Å². The Bertz CT molecular complexity index is 487. The number of hydrogen-bond donors (Lipinski definition) is 0. The van der Waals surface area contributed by atoms with E-state index in [4.69, 9.17) is 21.1 Å². The van der Waals surface area contributed by atoms with Gasteiger partial charge in [-0.15, -0.1) is 0 Å². The highest BCUT2D eigenvalue weighted by Crippen LogP contribution is 2.21. The molecule has 0 N–H and O–H groups in total. The van der Waals surface area contributed by atoms with Crippen molar-refractivity contribution >= 4 is 17.7 Å². The van der Waals surface area contributed by atoms with E-state index in [0.717, 1.165) is 12.8 Å². The Morgan fingerprint density at radius 1 is 1.43 bits per heavy atom. The molecule has 1 amide bonds. The maximum absolute atomic E-state index is 12.1. The molecule has 2 heterocycles. The normalized spacial score (nSPS) is 18.7. The third kappa shape index (κ3) is 4.74. The minimum atomic E-state index is -0.496. The molecule has 6 nitrogen and oxygen atoms in total. The topological polar surface area (TPSA) is 64.5 Å². The van der Waals surface area contributed by atoms with Crippen molar-refractivity contribution in [2.45, 2.75) is 45.3 Å². The molecule has 0 unspecified atom stereocenters. The molecule has 1 fully saturated rings. The van der Waals surface area contributed by atoms with Gasteiger partial charge in [0.1, 0.15) is 12.2 Å². The van der Waals surface area contributed by atoms with Crippen molar-refractivity contribution in [3.8, 4) is 6.01 Å². The van der Waals surface area contributed by atoms with Crippen LogP contribution < -0.4 is 4.74 Å². The standard InChI is InChI=1S/C14H20ClN3O3/c1-14(2,3)21-13(19)18-6-4-5-11(18)9-20-12-16-7-10(15)8-17-12/h7-8,11H,4-6,9H2,1-3H3/t11-/m0/s1. The Balaban J connectivity index is 1.90. The van der Waals surface area contributed by atoms with Gasteiger partial charge in [0, 0.05) is 6.54 Å². The van der Waals surface area contributed by atoms with E-state index in [1.54, 1.807) is 4.90 Å². The molecule has 7 heteroatoms. The average molecular weight is 314 g/mol. The van der Waals surface area contributed by atoms with Gasteiger partial charge in [-0.05, 0) is 33.6 Å². The minimum absolute atomic E-state index is 0.0147. The lowest BCUT2D eigenvalue weighted by Gasteiger charge is -2.28. The zero-order valence-electron chi connectivity index (χ0n) is 12.5. The first-order valence-electron chi connectivity index (χ1n) is 6.95. The van der Waals surface area contributed by atoms with Crippen LogP contribution in [0.15, 0.2) is 12.4 Å². The second kappa shape index (κ2) is 6.47. The van der Waals surface area contributed by atoms with Crippen molar-refractivity contribution < 1.29 is 14.3 Å². The lowest BCUT2D eigenvalue weighted by molar-refractivity contribution is 0.0184. The van der Waals surface area contributed by atoms with Crippen molar-refractivity contribution in [3.63, 3.8) is 0 Å². The first kappa shape index (κ1) is 15.8. The molecular formula is C14H20ClN3O3. The largest absolute Gasteiger partial charge is 0.461 e. The van der Waals surface area contributed by atoms with Crippen LogP contribution in [-0.2, 0) is 4.74 Å². The number of ether oxygens (including phenoxy) is 2. The second-order valence-corrected chi connectivity index (χ2v) is 6.40. The number of hydrogen-bond acceptors (Lipinski definition) is 5. The van der Waals surface area contributed by atoms with Gasteiger partial charge in [0.2, 0.25) is 0 Å². The van der Waals surface area contributed by atoms with Gasteiger partial charge in [-0.1, -0.05) is 11.6 Å². The molecule has 21 heavy (non-hydrogen) atoms. The predicted octanol–water partition coefficient (Wildman–Crippen LogP) is 2.91. The smallest absolute Gasteiger partial charge is 0.410 e. The number of likely N-dealkylation sites (tertiary alicyclic amines) is 1. The molecule has 1 aromatic heterocycles. The highest BCUT2D eigenvalue weighted by Gasteiger charge is 2.32. The van der Waals surface area contributed by atoms with Gasteiger partial charge in [-0.2, -0.15) is 0 Å². The molecule has 0 spiro atoms. The maximum Gasteiger partial charge on any atom is 0.410 e. The zero-order chi connectivity index (χ0) is 15.5. The van der Waals surface area contributed by atoms with Crippen molar-refractivity contribution in [1.29, 1.82) is 0 Å². The van der Waals surface area contributed by atoms with E-state index < -0.39 is 5.60 Å². The molecule has 0 saturated carbocycles. The van der Waals surface area contributed by atoms with Gasteiger partial charge in [0.05, 0.1) is 23.5 Å². The number of nitrogens with zero attached hydrogens (tertiary/aromatic N) is 3. The summed E-state index contributed by atoms with van der Waals surface area (Å²) in [5.74, 6) is 0. The van der Waals surface area contributed by atoms with E-state index in [2.05, 4.69) is 9.97 Å². The molecule has 2 rings (SSSR count). The third-order valence-corrected chi connectivity index (χ3v) is 3.20.